The Hall–Kier alpha value is -0.880. The highest BCUT2D eigenvalue weighted by Gasteiger charge is 2.35. The predicted octanol–water partition coefficient (Wildman–Crippen LogP) is 0.441. The summed E-state index contributed by atoms with van der Waals surface area (Å²) in [4.78, 5) is 10.9. The van der Waals surface area contributed by atoms with E-state index in [1.54, 1.807) is 0 Å². The van der Waals surface area contributed by atoms with Gasteiger partial charge in [0.2, 0.25) is 10.0 Å². The molecule has 0 aliphatic carbocycles. The van der Waals surface area contributed by atoms with Crippen molar-refractivity contribution < 1.29 is 18.3 Å². The van der Waals surface area contributed by atoms with Crippen molar-refractivity contribution >= 4 is 16.0 Å². The number of aliphatic carboxylic acids is 1. The number of hydrogen-bond donors (Lipinski definition) is 1. The Bertz CT molecular complexity index is 349. The van der Waals surface area contributed by atoms with Crippen LogP contribution >= 0.6 is 0 Å². The molecule has 0 aromatic heterocycles. The highest BCUT2D eigenvalue weighted by atomic mass is 32.2. The third-order valence-corrected chi connectivity index (χ3v) is 4.23. The van der Waals surface area contributed by atoms with E-state index in [9.17, 15) is 13.2 Å². The molecule has 1 heterocycles. The standard InChI is InChI=1S/C9H15NO4S/c1-2-7-15(13,14)10-6-4-3-5-8(10)9(11)12/h2,8H,1,3-7H2,(H,11,12)/t8-/m0/s1. The summed E-state index contributed by atoms with van der Waals surface area (Å²) in [5, 5.41) is 8.91. The van der Waals surface area contributed by atoms with E-state index in [0.717, 1.165) is 17.1 Å². The first-order valence-corrected chi connectivity index (χ1v) is 6.43. The highest BCUT2D eigenvalue weighted by Crippen LogP contribution is 2.20. The number of piperidine rings is 1. The summed E-state index contributed by atoms with van der Waals surface area (Å²) >= 11 is 0. The zero-order valence-corrected chi connectivity index (χ0v) is 9.24. The molecule has 1 aliphatic heterocycles. The molecule has 1 fully saturated rings. The molecule has 0 bridgehead atoms. The van der Waals surface area contributed by atoms with E-state index in [0.29, 0.717) is 13.0 Å². The molecular weight excluding hydrogens is 218 g/mol. The molecule has 86 valence electrons. The van der Waals surface area contributed by atoms with Crippen molar-refractivity contribution in [2.24, 2.45) is 0 Å². The lowest BCUT2D eigenvalue weighted by molar-refractivity contribution is -0.142. The van der Waals surface area contributed by atoms with E-state index in [-0.39, 0.29) is 5.75 Å². The van der Waals surface area contributed by atoms with Gasteiger partial charge in [0.25, 0.3) is 0 Å². The Balaban J connectivity index is 2.89. The summed E-state index contributed by atoms with van der Waals surface area (Å²) in [6.07, 6.45) is 3.16. The smallest absolute Gasteiger partial charge is 0.322 e. The maximum absolute atomic E-state index is 11.7. The maximum atomic E-state index is 11.7. The van der Waals surface area contributed by atoms with Gasteiger partial charge in [0.05, 0.1) is 5.75 Å². The molecule has 0 unspecified atom stereocenters. The van der Waals surface area contributed by atoms with Crippen LogP contribution in [-0.2, 0) is 14.8 Å². The first-order chi connectivity index (χ1) is 6.99. The predicted molar refractivity (Wildman–Crippen MR) is 56.0 cm³/mol. The first-order valence-electron chi connectivity index (χ1n) is 4.82. The van der Waals surface area contributed by atoms with E-state index in [4.69, 9.17) is 5.11 Å². The van der Waals surface area contributed by atoms with Crippen molar-refractivity contribution in [3.05, 3.63) is 12.7 Å². The van der Waals surface area contributed by atoms with Crippen LogP contribution in [0.25, 0.3) is 0 Å². The lowest BCUT2D eigenvalue weighted by atomic mass is 10.1. The number of nitrogens with zero attached hydrogens (tertiary/aromatic N) is 1. The molecule has 1 saturated heterocycles. The molecule has 0 aromatic carbocycles. The van der Waals surface area contributed by atoms with Crippen LogP contribution < -0.4 is 0 Å². The number of carboxylic acid groups (broad SMARTS) is 1. The monoisotopic (exact) mass is 233 g/mol. The van der Waals surface area contributed by atoms with Crippen molar-refractivity contribution in [3.63, 3.8) is 0 Å². The summed E-state index contributed by atoms with van der Waals surface area (Å²) in [5.41, 5.74) is 0. The van der Waals surface area contributed by atoms with Gasteiger partial charge in [-0.15, -0.1) is 6.58 Å². The van der Waals surface area contributed by atoms with E-state index < -0.39 is 22.0 Å². The van der Waals surface area contributed by atoms with E-state index in [1.165, 1.54) is 6.08 Å². The Labute approximate surface area is 89.4 Å². The second kappa shape index (κ2) is 4.76. The van der Waals surface area contributed by atoms with Crippen molar-refractivity contribution in [1.82, 2.24) is 4.31 Å². The molecule has 0 saturated carbocycles. The quantitative estimate of drug-likeness (QED) is 0.715. The molecule has 15 heavy (non-hydrogen) atoms. The fourth-order valence-corrected chi connectivity index (χ4v) is 3.21. The van der Waals surface area contributed by atoms with Crippen LogP contribution in [0.4, 0.5) is 0 Å². The largest absolute Gasteiger partial charge is 0.480 e. The Kier molecular flexibility index (Phi) is 3.87. The fourth-order valence-electron chi connectivity index (χ4n) is 1.73. The summed E-state index contributed by atoms with van der Waals surface area (Å²) in [7, 11) is -3.49. The summed E-state index contributed by atoms with van der Waals surface area (Å²) < 4.78 is 24.5. The minimum Gasteiger partial charge on any atom is -0.480 e. The molecule has 1 atom stereocenters. The van der Waals surface area contributed by atoms with Crippen LogP contribution in [0.15, 0.2) is 12.7 Å². The van der Waals surface area contributed by atoms with Gasteiger partial charge < -0.3 is 5.11 Å². The van der Waals surface area contributed by atoms with Crippen LogP contribution in [0.1, 0.15) is 19.3 Å². The Morgan fingerprint density at radius 1 is 1.53 bits per heavy atom. The van der Waals surface area contributed by atoms with Gasteiger partial charge in [-0.2, -0.15) is 4.31 Å². The van der Waals surface area contributed by atoms with Gasteiger partial charge in [0.15, 0.2) is 0 Å². The molecular formula is C9H15NO4S. The molecule has 0 spiro atoms. The summed E-state index contributed by atoms with van der Waals surface area (Å²) in [5.74, 6) is -1.26. The zero-order valence-electron chi connectivity index (χ0n) is 8.42. The van der Waals surface area contributed by atoms with Crippen LogP contribution in [0.3, 0.4) is 0 Å². The van der Waals surface area contributed by atoms with Crippen molar-refractivity contribution in [1.29, 1.82) is 0 Å². The molecule has 0 radical (unpaired) electrons. The SMILES string of the molecule is C=CCS(=O)(=O)N1CCCC[C@H]1C(=O)O. The normalized spacial score (nSPS) is 23.6. The summed E-state index contributed by atoms with van der Waals surface area (Å²) in [6, 6.07) is -0.899. The molecule has 1 rings (SSSR count). The van der Waals surface area contributed by atoms with Gasteiger partial charge in [-0.25, -0.2) is 8.42 Å². The van der Waals surface area contributed by atoms with Gasteiger partial charge in [0, 0.05) is 6.54 Å². The Morgan fingerprint density at radius 2 is 2.20 bits per heavy atom. The lowest BCUT2D eigenvalue weighted by Crippen LogP contribution is -2.48. The average Bonchev–Trinajstić information content (AvgIpc) is 2.17. The van der Waals surface area contributed by atoms with Crippen LogP contribution in [-0.4, -0.2) is 42.1 Å². The molecule has 5 nitrogen and oxygen atoms in total. The van der Waals surface area contributed by atoms with Crippen LogP contribution in [0.2, 0.25) is 0 Å². The molecule has 1 aliphatic rings. The van der Waals surface area contributed by atoms with Gasteiger partial charge >= 0.3 is 5.97 Å². The molecule has 0 amide bonds. The topological polar surface area (TPSA) is 74.7 Å². The van der Waals surface area contributed by atoms with Crippen molar-refractivity contribution in [2.45, 2.75) is 25.3 Å². The second-order valence-corrected chi connectivity index (χ2v) is 5.49. The number of rotatable bonds is 4. The second-order valence-electron chi connectivity index (χ2n) is 3.53. The number of sulfonamides is 1. The van der Waals surface area contributed by atoms with E-state index in [2.05, 4.69) is 6.58 Å². The number of hydrogen-bond acceptors (Lipinski definition) is 3. The molecule has 6 heteroatoms. The fraction of sp³-hybridized carbons (Fsp3) is 0.667. The van der Waals surface area contributed by atoms with E-state index >= 15 is 0 Å². The Morgan fingerprint density at radius 3 is 2.73 bits per heavy atom. The van der Waals surface area contributed by atoms with E-state index in [1.807, 2.05) is 0 Å². The van der Waals surface area contributed by atoms with Gasteiger partial charge in [0.1, 0.15) is 6.04 Å². The van der Waals surface area contributed by atoms with Gasteiger partial charge in [-0.1, -0.05) is 6.08 Å². The van der Waals surface area contributed by atoms with Crippen LogP contribution in [0, 0.1) is 0 Å². The summed E-state index contributed by atoms with van der Waals surface area (Å²) in [6.45, 7) is 3.66. The average molecular weight is 233 g/mol. The number of carboxylic acids is 1. The zero-order chi connectivity index (χ0) is 11.5. The van der Waals surface area contributed by atoms with Gasteiger partial charge in [-0.3, -0.25) is 4.79 Å². The molecule has 1 N–H and O–H groups in total. The highest BCUT2D eigenvalue weighted by molar-refractivity contribution is 7.89. The third kappa shape index (κ3) is 2.79. The lowest BCUT2D eigenvalue weighted by Gasteiger charge is -2.31. The van der Waals surface area contributed by atoms with Crippen molar-refractivity contribution in [3.8, 4) is 0 Å². The van der Waals surface area contributed by atoms with Crippen molar-refractivity contribution in [2.75, 3.05) is 12.3 Å². The van der Waals surface area contributed by atoms with Crippen LogP contribution in [0.5, 0.6) is 0 Å². The minimum absolute atomic E-state index is 0.198. The van der Waals surface area contributed by atoms with Gasteiger partial charge in [-0.05, 0) is 19.3 Å². The molecule has 0 aromatic rings. The first kappa shape index (κ1) is 12.2. The maximum Gasteiger partial charge on any atom is 0.322 e. The number of carbonyl (C=O) groups is 1. The third-order valence-electron chi connectivity index (χ3n) is 2.42. The minimum atomic E-state index is -3.49.